The van der Waals surface area contributed by atoms with Crippen LogP contribution in [0.1, 0.15) is 65.7 Å². The first-order valence-corrected chi connectivity index (χ1v) is 8.37. The summed E-state index contributed by atoms with van der Waals surface area (Å²) in [6.07, 6.45) is 6.76. The summed E-state index contributed by atoms with van der Waals surface area (Å²) in [5.74, 6) is -0.346. The van der Waals surface area contributed by atoms with E-state index >= 15 is 0 Å². The maximum absolute atomic E-state index is 12.8. The van der Waals surface area contributed by atoms with E-state index in [0.717, 1.165) is 32.1 Å². The molecule has 120 valence electrons. The number of esters is 2. The summed E-state index contributed by atoms with van der Waals surface area (Å²) in [6, 6.07) is 0. The maximum atomic E-state index is 12.8. The molecule has 4 heteroatoms. The lowest BCUT2D eigenvalue weighted by Gasteiger charge is -2.44. The highest BCUT2D eigenvalue weighted by atomic mass is 16.6. The monoisotopic (exact) mass is 296 g/mol. The third-order valence-corrected chi connectivity index (χ3v) is 5.36. The summed E-state index contributed by atoms with van der Waals surface area (Å²) in [7, 11) is 0. The Bertz CT molecular complexity index is 378. The van der Waals surface area contributed by atoms with E-state index in [1.54, 1.807) is 13.8 Å². The van der Waals surface area contributed by atoms with Gasteiger partial charge in [0.15, 0.2) is 5.41 Å². The van der Waals surface area contributed by atoms with Gasteiger partial charge in [-0.25, -0.2) is 0 Å². The first-order chi connectivity index (χ1) is 10.0. The molecule has 4 nitrogen and oxygen atoms in total. The highest BCUT2D eigenvalue weighted by Crippen LogP contribution is 2.63. The summed E-state index contributed by atoms with van der Waals surface area (Å²) in [6.45, 7) is 6.34. The molecule has 0 amide bonds. The number of rotatable bonds is 4. The Kier molecular flexibility index (Phi) is 4.95. The highest BCUT2D eigenvalue weighted by Gasteiger charge is 2.67. The second kappa shape index (κ2) is 6.37. The summed E-state index contributed by atoms with van der Waals surface area (Å²) < 4.78 is 10.7. The van der Waals surface area contributed by atoms with E-state index in [4.69, 9.17) is 9.47 Å². The molecule has 0 aromatic rings. The molecule has 1 spiro atoms. The molecular formula is C17H28O4. The van der Waals surface area contributed by atoms with Gasteiger partial charge in [0.2, 0.25) is 0 Å². The van der Waals surface area contributed by atoms with Crippen LogP contribution in [0.15, 0.2) is 0 Å². The van der Waals surface area contributed by atoms with E-state index < -0.39 is 5.41 Å². The first kappa shape index (κ1) is 16.3. The minimum atomic E-state index is -1.07. The van der Waals surface area contributed by atoms with Gasteiger partial charge in [-0.1, -0.05) is 26.2 Å². The van der Waals surface area contributed by atoms with Crippen LogP contribution < -0.4 is 0 Å². The number of ether oxygens (including phenoxy) is 2. The molecule has 0 aromatic carbocycles. The van der Waals surface area contributed by atoms with Crippen LogP contribution in [0, 0.1) is 16.7 Å². The Labute approximate surface area is 127 Å². The molecule has 0 heterocycles. The molecule has 2 fully saturated rings. The van der Waals surface area contributed by atoms with Crippen molar-refractivity contribution in [2.45, 2.75) is 65.7 Å². The van der Waals surface area contributed by atoms with Gasteiger partial charge in [-0.3, -0.25) is 9.59 Å². The zero-order valence-electron chi connectivity index (χ0n) is 13.6. The lowest BCUT2D eigenvalue weighted by atomic mass is 9.58. The van der Waals surface area contributed by atoms with Crippen molar-refractivity contribution in [2.75, 3.05) is 13.2 Å². The van der Waals surface area contributed by atoms with Crippen molar-refractivity contribution in [1.29, 1.82) is 0 Å². The van der Waals surface area contributed by atoms with Crippen molar-refractivity contribution in [3.8, 4) is 0 Å². The highest BCUT2D eigenvalue weighted by molar-refractivity contribution is 6.01. The normalized spacial score (nSPS) is 26.5. The molecule has 1 unspecified atom stereocenters. The van der Waals surface area contributed by atoms with Crippen LogP contribution in [0.5, 0.6) is 0 Å². The van der Waals surface area contributed by atoms with Crippen LogP contribution in [0.4, 0.5) is 0 Å². The van der Waals surface area contributed by atoms with Crippen LogP contribution >= 0.6 is 0 Å². The molecule has 0 aromatic heterocycles. The van der Waals surface area contributed by atoms with Crippen LogP contribution in [-0.2, 0) is 19.1 Å². The van der Waals surface area contributed by atoms with E-state index in [-0.39, 0.29) is 17.4 Å². The van der Waals surface area contributed by atoms with Crippen molar-refractivity contribution >= 4 is 11.9 Å². The second-order valence-corrected chi connectivity index (χ2v) is 6.70. The average molecular weight is 296 g/mol. The van der Waals surface area contributed by atoms with Crippen molar-refractivity contribution < 1.29 is 19.1 Å². The van der Waals surface area contributed by atoms with Crippen LogP contribution in [0.3, 0.4) is 0 Å². The zero-order valence-corrected chi connectivity index (χ0v) is 13.6. The minimum absolute atomic E-state index is 0.247. The summed E-state index contributed by atoms with van der Waals surface area (Å²) in [4.78, 5) is 25.6. The van der Waals surface area contributed by atoms with Crippen molar-refractivity contribution in [3.05, 3.63) is 0 Å². The Hall–Kier alpha value is -1.06. The van der Waals surface area contributed by atoms with E-state index in [9.17, 15) is 9.59 Å². The van der Waals surface area contributed by atoms with Gasteiger partial charge in [-0.15, -0.1) is 0 Å². The van der Waals surface area contributed by atoms with Gasteiger partial charge in [0.25, 0.3) is 0 Å². The summed E-state index contributed by atoms with van der Waals surface area (Å²) in [5.41, 5.74) is -1.32. The fraction of sp³-hybridized carbons (Fsp3) is 0.882. The van der Waals surface area contributed by atoms with Crippen LogP contribution in [-0.4, -0.2) is 25.2 Å². The lowest BCUT2D eigenvalue weighted by molar-refractivity contribution is -0.183. The third kappa shape index (κ3) is 2.58. The SMILES string of the molecule is CCOC(=O)C1(C(=O)OCC)CC(C)CC12CCCCC2. The largest absolute Gasteiger partial charge is 0.465 e. The average Bonchev–Trinajstić information content (AvgIpc) is 2.73. The third-order valence-electron chi connectivity index (χ3n) is 5.36. The van der Waals surface area contributed by atoms with E-state index in [1.807, 2.05) is 0 Å². The van der Waals surface area contributed by atoms with Crippen molar-refractivity contribution in [1.82, 2.24) is 0 Å². The van der Waals surface area contributed by atoms with Gasteiger partial charge < -0.3 is 9.47 Å². The summed E-state index contributed by atoms with van der Waals surface area (Å²) >= 11 is 0. The number of hydrogen-bond donors (Lipinski definition) is 0. The quantitative estimate of drug-likeness (QED) is 0.588. The zero-order chi connectivity index (χ0) is 15.5. The standard InChI is InChI=1S/C17H28O4/c1-4-20-14(18)17(15(19)21-5-2)12-13(3)11-16(17)9-7-6-8-10-16/h13H,4-12H2,1-3H3. The van der Waals surface area contributed by atoms with Gasteiger partial charge in [-0.2, -0.15) is 0 Å². The molecule has 2 aliphatic rings. The van der Waals surface area contributed by atoms with Crippen LogP contribution in [0.2, 0.25) is 0 Å². The molecule has 2 rings (SSSR count). The second-order valence-electron chi connectivity index (χ2n) is 6.70. The van der Waals surface area contributed by atoms with Crippen LogP contribution in [0.25, 0.3) is 0 Å². The van der Waals surface area contributed by atoms with Gasteiger partial charge in [0.1, 0.15) is 0 Å². The molecule has 2 saturated carbocycles. The number of hydrogen-bond acceptors (Lipinski definition) is 4. The van der Waals surface area contributed by atoms with E-state index in [1.165, 1.54) is 6.42 Å². The maximum Gasteiger partial charge on any atom is 0.324 e. The molecule has 0 radical (unpaired) electrons. The molecule has 1 atom stereocenters. The van der Waals surface area contributed by atoms with Gasteiger partial charge >= 0.3 is 11.9 Å². The fourth-order valence-corrected chi connectivity index (χ4v) is 4.70. The van der Waals surface area contributed by atoms with E-state index in [0.29, 0.717) is 25.6 Å². The molecule has 0 saturated heterocycles. The topological polar surface area (TPSA) is 52.6 Å². The van der Waals surface area contributed by atoms with Gasteiger partial charge in [0.05, 0.1) is 13.2 Å². The molecule has 21 heavy (non-hydrogen) atoms. The molecule has 0 aliphatic heterocycles. The van der Waals surface area contributed by atoms with Gasteiger partial charge in [0, 0.05) is 0 Å². The molecule has 0 N–H and O–H groups in total. The number of carbonyl (C=O) groups is 2. The minimum Gasteiger partial charge on any atom is -0.465 e. The van der Waals surface area contributed by atoms with Gasteiger partial charge in [-0.05, 0) is 50.9 Å². The summed E-state index contributed by atoms with van der Waals surface area (Å²) in [5, 5.41) is 0. The predicted octanol–water partition coefficient (Wildman–Crippen LogP) is 3.48. The lowest BCUT2D eigenvalue weighted by Crippen LogP contribution is -2.52. The van der Waals surface area contributed by atoms with Crippen molar-refractivity contribution in [2.24, 2.45) is 16.7 Å². The Morgan fingerprint density at radius 1 is 0.952 bits per heavy atom. The number of carbonyl (C=O) groups excluding carboxylic acids is 2. The molecule has 2 aliphatic carbocycles. The Morgan fingerprint density at radius 3 is 1.95 bits per heavy atom. The van der Waals surface area contributed by atoms with E-state index in [2.05, 4.69) is 6.92 Å². The Balaban J connectivity index is 2.44. The smallest absolute Gasteiger partial charge is 0.324 e. The predicted molar refractivity (Wildman–Crippen MR) is 79.6 cm³/mol. The van der Waals surface area contributed by atoms with Crippen molar-refractivity contribution in [3.63, 3.8) is 0 Å². The molecule has 0 bridgehead atoms. The molecular weight excluding hydrogens is 268 g/mol. The first-order valence-electron chi connectivity index (χ1n) is 8.37. The Morgan fingerprint density at radius 2 is 1.48 bits per heavy atom. The fourth-order valence-electron chi connectivity index (χ4n) is 4.70.